The molecule has 3 atom stereocenters. The number of β-lactam (4-membered cyclic amide) rings is 1. The van der Waals surface area contributed by atoms with Crippen molar-refractivity contribution in [2.24, 2.45) is 5.41 Å². The zero-order chi connectivity index (χ0) is 17.4. The van der Waals surface area contributed by atoms with Crippen molar-refractivity contribution < 1.29 is 9.90 Å². The molecule has 2 aromatic carbocycles. The van der Waals surface area contributed by atoms with Crippen molar-refractivity contribution in [2.45, 2.75) is 18.6 Å². The lowest BCUT2D eigenvalue weighted by molar-refractivity contribution is -0.154. The molecule has 1 N–H and O–H groups in total. The second-order valence-electron chi connectivity index (χ2n) is 6.30. The van der Waals surface area contributed by atoms with Crippen LogP contribution in [-0.2, 0) is 4.79 Å². The SMILES string of the molecule is C=C[C@]1(C(C)(O)CCl)C(=O)N(c2ccccc2)[C@@H]1c1ccccc1. The van der Waals surface area contributed by atoms with Crippen LogP contribution in [0, 0.1) is 5.41 Å². The van der Waals surface area contributed by atoms with E-state index in [-0.39, 0.29) is 17.8 Å². The molecule has 0 aromatic heterocycles. The number of alkyl halides is 1. The van der Waals surface area contributed by atoms with Gasteiger partial charge >= 0.3 is 0 Å². The van der Waals surface area contributed by atoms with Crippen LogP contribution in [0.4, 0.5) is 5.69 Å². The Hall–Kier alpha value is -2.10. The summed E-state index contributed by atoms with van der Waals surface area (Å²) >= 11 is 6.01. The Morgan fingerprint density at radius 3 is 2.25 bits per heavy atom. The van der Waals surface area contributed by atoms with Crippen molar-refractivity contribution in [1.82, 2.24) is 0 Å². The molecule has 1 heterocycles. The maximum Gasteiger partial charge on any atom is 0.243 e. The molecule has 1 amide bonds. The van der Waals surface area contributed by atoms with E-state index in [0.29, 0.717) is 0 Å². The summed E-state index contributed by atoms with van der Waals surface area (Å²) < 4.78 is 0. The summed E-state index contributed by atoms with van der Waals surface area (Å²) in [6.45, 7) is 5.45. The first kappa shape index (κ1) is 16.7. The molecule has 2 aromatic rings. The molecule has 1 unspecified atom stereocenters. The van der Waals surface area contributed by atoms with Crippen LogP contribution in [0.2, 0.25) is 0 Å². The van der Waals surface area contributed by atoms with Crippen molar-refractivity contribution in [3.8, 4) is 0 Å². The van der Waals surface area contributed by atoms with E-state index in [2.05, 4.69) is 6.58 Å². The van der Waals surface area contributed by atoms with Crippen molar-refractivity contribution in [3.05, 3.63) is 78.9 Å². The molecular weight excluding hydrogens is 322 g/mol. The Bertz CT molecular complexity index is 745. The zero-order valence-electron chi connectivity index (χ0n) is 13.5. The Kier molecular flexibility index (Phi) is 4.24. The van der Waals surface area contributed by atoms with E-state index in [4.69, 9.17) is 11.6 Å². The van der Waals surface area contributed by atoms with Crippen LogP contribution in [0.1, 0.15) is 18.5 Å². The van der Waals surface area contributed by atoms with Gasteiger partial charge in [-0.15, -0.1) is 18.2 Å². The summed E-state index contributed by atoms with van der Waals surface area (Å²) in [7, 11) is 0. The van der Waals surface area contributed by atoms with E-state index in [0.717, 1.165) is 11.3 Å². The lowest BCUT2D eigenvalue weighted by Crippen LogP contribution is -2.72. The molecule has 0 saturated carbocycles. The summed E-state index contributed by atoms with van der Waals surface area (Å²) in [6, 6.07) is 18.8. The van der Waals surface area contributed by atoms with E-state index < -0.39 is 11.0 Å². The predicted octanol–water partition coefficient (Wildman–Crippen LogP) is 3.94. The van der Waals surface area contributed by atoms with Gasteiger partial charge in [0.05, 0.1) is 17.5 Å². The Morgan fingerprint density at radius 1 is 1.21 bits per heavy atom. The maximum atomic E-state index is 13.1. The van der Waals surface area contributed by atoms with E-state index in [1.54, 1.807) is 17.9 Å². The minimum absolute atomic E-state index is 0.0588. The molecule has 3 rings (SSSR count). The molecule has 1 fully saturated rings. The number of benzene rings is 2. The van der Waals surface area contributed by atoms with E-state index in [9.17, 15) is 9.90 Å². The zero-order valence-corrected chi connectivity index (χ0v) is 14.3. The quantitative estimate of drug-likeness (QED) is 0.508. The Morgan fingerprint density at radius 2 is 1.75 bits per heavy atom. The highest BCUT2D eigenvalue weighted by Crippen LogP contribution is 2.58. The molecule has 3 nitrogen and oxygen atoms in total. The Balaban J connectivity index is 2.17. The first-order chi connectivity index (χ1) is 11.5. The van der Waals surface area contributed by atoms with Gasteiger partial charge in [0.2, 0.25) is 5.91 Å². The molecule has 1 aliphatic heterocycles. The fourth-order valence-electron chi connectivity index (χ4n) is 3.53. The molecule has 0 radical (unpaired) electrons. The Labute approximate surface area is 147 Å². The molecule has 0 aliphatic carbocycles. The molecule has 0 bridgehead atoms. The van der Waals surface area contributed by atoms with Crippen LogP contribution in [0.3, 0.4) is 0 Å². The van der Waals surface area contributed by atoms with Gasteiger partial charge < -0.3 is 10.0 Å². The monoisotopic (exact) mass is 341 g/mol. The number of carbonyl (C=O) groups excluding carboxylic acids is 1. The lowest BCUT2D eigenvalue weighted by Gasteiger charge is -2.60. The van der Waals surface area contributed by atoms with Crippen LogP contribution in [0.25, 0.3) is 0 Å². The van der Waals surface area contributed by atoms with Gasteiger partial charge in [-0.2, -0.15) is 0 Å². The minimum atomic E-state index is -1.40. The second-order valence-corrected chi connectivity index (χ2v) is 6.57. The fourth-order valence-corrected chi connectivity index (χ4v) is 3.75. The summed E-state index contributed by atoms with van der Waals surface area (Å²) in [5.41, 5.74) is -0.837. The van der Waals surface area contributed by atoms with Gasteiger partial charge in [-0.25, -0.2) is 0 Å². The van der Waals surface area contributed by atoms with Crippen LogP contribution in [0.15, 0.2) is 73.3 Å². The van der Waals surface area contributed by atoms with Crippen LogP contribution < -0.4 is 4.90 Å². The van der Waals surface area contributed by atoms with Gasteiger partial charge in [-0.1, -0.05) is 54.6 Å². The summed E-state index contributed by atoms with van der Waals surface area (Å²) in [5, 5.41) is 10.9. The highest BCUT2D eigenvalue weighted by Gasteiger charge is 2.67. The fraction of sp³-hybridized carbons (Fsp3) is 0.250. The van der Waals surface area contributed by atoms with Gasteiger partial charge in [0.15, 0.2) is 0 Å². The number of halogens is 1. The van der Waals surface area contributed by atoms with Crippen molar-refractivity contribution in [1.29, 1.82) is 0 Å². The van der Waals surface area contributed by atoms with Crippen LogP contribution in [0.5, 0.6) is 0 Å². The number of carbonyl (C=O) groups is 1. The molecule has 0 spiro atoms. The summed E-state index contributed by atoms with van der Waals surface area (Å²) in [6.07, 6.45) is 1.55. The topological polar surface area (TPSA) is 40.5 Å². The van der Waals surface area contributed by atoms with Crippen molar-refractivity contribution >= 4 is 23.2 Å². The average molecular weight is 342 g/mol. The largest absolute Gasteiger partial charge is 0.387 e. The molecular formula is C20H20ClNO2. The first-order valence-electron chi connectivity index (χ1n) is 7.85. The van der Waals surface area contributed by atoms with E-state index in [1.807, 2.05) is 60.7 Å². The third-order valence-electron chi connectivity index (χ3n) is 4.89. The molecule has 4 heteroatoms. The molecule has 24 heavy (non-hydrogen) atoms. The minimum Gasteiger partial charge on any atom is -0.387 e. The standard InChI is InChI=1S/C20H20ClNO2/c1-3-20(19(2,24)14-21)17(15-10-6-4-7-11-15)22(18(20)23)16-12-8-5-9-13-16/h3-13,17,24H,1,14H2,2H3/t17-,19?,20-/m1/s1. The van der Waals surface area contributed by atoms with Gasteiger partial charge in [0, 0.05) is 5.69 Å². The molecule has 124 valence electrons. The number of aliphatic hydroxyl groups is 1. The van der Waals surface area contributed by atoms with Crippen molar-refractivity contribution in [3.63, 3.8) is 0 Å². The lowest BCUT2D eigenvalue weighted by atomic mass is 9.59. The van der Waals surface area contributed by atoms with Crippen molar-refractivity contribution in [2.75, 3.05) is 10.8 Å². The highest BCUT2D eigenvalue weighted by atomic mass is 35.5. The molecule has 1 aliphatic rings. The number of hydrogen-bond donors (Lipinski definition) is 1. The normalized spacial score (nSPS) is 25.7. The van der Waals surface area contributed by atoms with Crippen LogP contribution >= 0.6 is 11.6 Å². The number of amides is 1. The van der Waals surface area contributed by atoms with E-state index >= 15 is 0 Å². The highest BCUT2D eigenvalue weighted by molar-refractivity contribution is 6.19. The summed E-state index contributed by atoms with van der Waals surface area (Å²) in [5.74, 6) is -0.250. The number of para-hydroxylation sites is 1. The predicted molar refractivity (Wildman–Crippen MR) is 97.1 cm³/mol. The van der Waals surface area contributed by atoms with Gasteiger partial charge in [-0.05, 0) is 24.6 Å². The third kappa shape index (κ3) is 2.20. The first-order valence-corrected chi connectivity index (χ1v) is 8.38. The second kappa shape index (κ2) is 6.08. The average Bonchev–Trinajstić information content (AvgIpc) is 2.61. The van der Waals surface area contributed by atoms with Gasteiger partial charge in [0.25, 0.3) is 0 Å². The smallest absolute Gasteiger partial charge is 0.243 e. The number of anilines is 1. The number of rotatable bonds is 5. The summed E-state index contributed by atoms with van der Waals surface area (Å²) in [4.78, 5) is 14.8. The van der Waals surface area contributed by atoms with Gasteiger partial charge in [-0.3, -0.25) is 4.79 Å². The molecule has 1 saturated heterocycles. The third-order valence-corrected chi connectivity index (χ3v) is 5.41. The van der Waals surface area contributed by atoms with Crippen LogP contribution in [-0.4, -0.2) is 22.5 Å². The van der Waals surface area contributed by atoms with Gasteiger partial charge in [0.1, 0.15) is 5.41 Å². The number of hydrogen-bond acceptors (Lipinski definition) is 2. The number of nitrogens with zero attached hydrogens (tertiary/aromatic N) is 1. The van der Waals surface area contributed by atoms with E-state index in [1.165, 1.54) is 0 Å². The maximum absolute atomic E-state index is 13.1.